The van der Waals surface area contributed by atoms with Gasteiger partial charge < -0.3 is 15.4 Å². The molecule has 1 amide bonds. The van der Waals surface area contributed by atoms with Crippen molar-refractivity contribution >= 4 is 24.3 Å². The molecule has 1 heterocycles. The Labute approximate surface area is 121 Å². The number of hydrogen-bond donors (Lipinski definition) is 2. The first-order valence-electron chi connectivity index (χ1n) is 6.62. The van der Waals surface area contributed by atoms with E-state index in [2.05, 4.69) is 10.6 Å². The number of rotatable bonds is 6. The molecular formula is C13H25ClN2O3. The van der Waals surface area contributed by atoms with Crippen molar-refractivity contribution in [3.8, 4) is 0 Å². The Hall–Kier alpha value is -0.810. The third-order valence-corrected chi connectivity index (χ3v) is 3.70. The zero-order chi connectivity index (χ0) is 13.6. The largest absolute Gasteiger partial charge is 0.467 e. The lowest BCUT2D eigenvalue weighted by molar-refractivity contribution is -0.150. The smallest absolute Gasteiger partial charge is 0.331 e. The van der Waals surface area contributed by atoms with Gasteiger partial charge >= 0.3 is 5.97 Å². The van der Waals surface area contributed by atoms with Crippen molar-refractivity contribution in [2.75, 3.05) is 20.2 Å². The molecule has 2 unspecified atom stereocenters. The number of methoxy groups -OCH3 is 1. The summed E-state index contributed by atoms with van der Waals surface area (Å²) in [5.74, 6) is 0.124. The lowest BCUT2D eigenvalue weighted by Gasteiger charge is -2.26. The minimum Gasteiger partial charge on any atom is -0.467 e. The predicted octanol–water partition coefficient (Wildman–Crippen LogP) is 1.26. The molecule has 2 N–H and O–H groups in total. The van der Waals surface area contributed by atoms with Gasteiger partial charge in [0.1, 0.15) is 5.54 Å². The molecule has 0 aromatic rings. The average molecular weight is 293 g/mol. The summed E-state index contributed by atoms with van der Waals surface area (Å²) in [7, 11) is 1.34. The van der Waals surface area contributed by atoms with Crippen molar-refractivity contribution < 1.29 is 14.3 Å². The van der Waals surface area contributed by atoms with Crippen LogP contribution in [0.2, 0.25) is 0 Å². The van der Waals surface area contributed by atoms with E-state index in [1.54, 1.807) is 6.92 Å². The monoisotopic (exact) mass is 292 g/mol. The van der Waals surface area contributed by atoms with Gasteiger partial charge in [-0.3, -0.25) is 4.79 Å². The summed E-state index contributed by atoms with van der Waals surface area (Å²) in [6.07, 6.45) is 3.00. The number of esters is 1. The molecule has 1 aliphatic heterocycles. The molecular weight excluding hydrogens is 268 g/mol. The molecule has 5 nitrogen and oxygen atoms in total. The van der Waals surface area contributed by atoms with Crippen LogP contribution in [0.15, 0.2) is 0 Å². The van der Waals surface area contributed by atoms with E-state index in [0.29, 0.717) is 18.8 Å². The number of hydrogen-bond acceptors (Lipinski definition) is 4. The Morgan fingerprint density at radius 3 is 2.63 bits per heavy atom. The van der Waals surface area contributed by atoms with Crippen LogP contribution in [0.1, 0.15) is 39.5 Å². The van der Waals surface area contributed by atoms with Crippen LogP contribution in [0.25, 0.3) is 0 Å². The number of ether oxygens (including phenoxy) is 1. The zero-order valence-electron chi connectivity index (χ0n) is 12.0. The van der Waals surface area contributed by atoms with Crippen LogP contribution < -0.4 is 10.6 Å². The molecule has 1 fully saturated rings. The molecule has 1 rings (SSSR count). The molecule has 0 radical (unpaired) electrons. The van der Waals surface area contributed by atoms with E-state index in [9.17, 15) is 9.59 Å². The summed E-state index contributed by atoms with van der Waals surface area (Å²) in [5, 5.41) is 6.06. The first kappa shape index (κ1) is 18.2. The second-order valence-electron chi connectivity index (χ2n) is 5.12. The van der Waals surface area contributed by atoms with Crippen LogP contribution in [-0.2, 0) is 14.3 Å². The third kappa shape index (κ3) is 5.37. The molecule has 1 aliphatic rings. The van der Waals surface area contributed by atoms with Gasteiger partial charge in [0.05, 0.1) is 7.11 Å². The molecule has 0 bridgehead atoms. The van der Waals surface area contributed by atoms with Gasteiger partial charge in [0.2, 0.25) is 5.91 Å². The molecule has 112 valence electrons. The topological polar surface area (TPSA) is 67.4 Å². The quantitative estimate of drug-likeness (QED) is 0.723. The number of carbonyl (C=O) groups is 2. The Bertz CT molecular complexity index is 306. The van der Waals surface area contributed by atoms with Gasteiger partial charge in [0.15, 0.2) is 0 Å². The number of halogens is 1. The van der Waals surface area contributed by atoms with Crippen LogP contribution in [0.3, 0.4) is 0 Å². The summed E-state index contributed by atoms with van der Waals surface area (Å²) < 4.78 is 4.72. The molecule has 0 aliphatic carbocycles. The molecule has 0 aromatic heterocycles. The Morgan fingerprint density at radius 2 is 2.16 bits per heavy atom. The summed E-state index contributed by atoms with van der Waals surface area (Å²) in [6.45, 7) is 5.60. The molecule has 2 atom stereocenters. The molecule has 1 saturated heterocycles. The third-order valence-electron chi connectivity index (χ3n) is 3.70. The van der Waals surface area contributed by atoms with Gasteiger partial charge in [-0.15, -0.1) is 12.4 Å². The predicted molar refractivity (Wildman–Crippen MR) is 76.3 cm³/mol. The average Bonchev–Trinajstić information content (AvgIpc) is 2.88. The lowest BCUT2D eigenvalue weighted by atomic mass is 9.97. The first-order chi connectivity index (χ1) is 8.51. The Morgan fingerprint density at radius 1 is 1.47 bits per heavy atom. The minimum atomic E-state index is -0.903. The van der Waals surface area contributed by atoms with Crippen molar-refractivity contribution in [1.82, 2.24) is 10.6 Å². The maximum absolute atomic E-state index is 11.9. The van der Waals surface area contributed by atoms with Gasteiger partial charge in [-0.25, -0.2) is 4.79 Å². The summed E-state index contributed by atoms with van der Waals surface area (Å²) >= 11 is 0. The maximum Gasteiger partial charge on any atom is 0.331 e. The summed E-state index contributed by atoms with van der Waals surface area (Å²) in [4.78, 5) is 23.5. The maximum atomic E-state index is 11.9. The summed E-state index contributed by atoms with van der Waals surface area (Å²) in [6, 6.07) is 0. The molecule has 19 heavy (non-hydrogen) atoms. The number of nitrogens with one attached hydrogen (secondary N) is 2. The fraction of sp³-hybridized carbons (Fsp3) is 0.846. The second-order valence-corrected chi connectivity index (χ2v) is 5.12. The van der Waals surface area contributed by atoms with E-state index in [4.69, 9.17) is 4.74 Å². The van der Waals surface area contributed by atoms with Crippen molar-refractivity contribution in [3.63, 3.8) is 0 Å². The van der Waals surface area contributed by atoms with E-state index in [0.717, 1.165) is 25.9 Å². The number of amides is 1. The van der Waals surface area contributed by atoms with E-state index in [1.807, 2.05) is 6.92 Å². The summed E-state index contributed by atoms with van der Waals surface area (Å²) in [5.41, 5.74) is -0.903. The van der Waals surface area contributed by atoms with Gasteiger partial charge in [-0.05, 0) is 45.2 Å². The van der Waals surface area contributed by atoms with E-state index < -0.39 is 5.54 Å². The highest BCUT2D eigenvalue weighted by Gasteiger charge is 2.34. The Kier molecular flexibility index (Phi) is 8.02. The van der Waals surface area contributed by atoms with E-state index >= 15 is 0 Å². The van der Waals surface area contributed by atoms with Crippen LogP contribution >= 0.6 is 12.4 Å². The SMILES string of the molecule is CCC(C)(NC(=O)CCC1CCNC1)C(=O)OC.Cl. The normalized spacial score (nSPS) is 21.1. The minimum absolute atomic E-state index is 0. The zero-order valence-corrected chi connectivity index (χ0v) is 12.8. The van der Waals surface area contributed by atoms with Crippen molar-refractivity contribution in [1.29, 1.82) is 0 Å². The van der Waals surface area contributed by atoms with Gasteiger partial charge in [-0.2, -0.15) is 0 Å². The van der Waals surface area contributed by atoms with Crippen molar-refractivity contribution in [2.24, 2.45) is 5.92 Å². The Balaban J connectivity index is 0.00000324. The second kappa shape index (κ2) is 8.38. The molecule has 6 heteroatoms. The van der Waals surface area contributed by atoms with Crippen molar-refractivity contribution in [2.45, 2.75) is 45.1 Å². The molecule has 0 aromatic carbocycles. The first-order valence-corrected chi connectivity index (χ1v) is 6.62. The van der Waals surface area contributed by atoms with Gasteiger partial charge in [-0.1, -0.05) is 6.92 Å². The highest BCUT2D eigenvalue weighted by molar-refractivity contribution is 5.87. The highest BCUT2D eigenvalue weighted by Crippen LogP contribution is 2.16. The fourth-order valence-corrected chi connectivity index (χ4v) is 2.18. The van der Waals surface area contributed by atoms with E-state index in [1.165, 1.54) is 7.11 Å². The highest BCUT2D eigenvalue weighted by atomic mass is 35.5. The molecule has 0 spiro atoms. The fourth-order valence-electron chi connectivity index (χ4n) is 2.18. The van der Waals surface area contributed by atoms with Gasteiger partial charge in [0.25, 0.3) is 0 Å². The van der Waals surface area contributed by atoms with Crippen LogP contribution in [0, 0.1) is 5.92 Å². The van der Waals surface area contributed by atoms with Crippen molar-refractivity contribution in [3.05, 3.63) is 0 Å². The van der Waals surface area contributed by atoms with Crippen LogP contribution in [-0.4, -0.2) is 37.6 Å². The standard InChI is InChI=1S/C13H24N2O3.ClH/c1-4-13(2,12(17)18-3)15-11(16)6-5-10-7-8-14-9-10;/h10,14H,4-9H2,1-3H3,(H,15,16);1H. The lowest BCUT2D eigenvalue weighted by Crippen LogP contribution is -2.52. The van der Waals surface area contributed by atoms with Crippen LogP contribution in [0.5, 0.6) is 0 Å². The van der Waals surface area contributed by atoms with Gasteiger partial charge in [0, 0.05) is 6.42 Å². The number of carbonyl (C=O) groups excluding carboxylic acids is 2. The molecule has 0 saturated carbocycles. The van der Waals surface area contributed by atoms with E-state index in [-0.39, 0.29) is 24.3 Å². The van der Waals surface area contributed by atoms with Crippen LogP contribution in [0.4, 0.5) is 0 Å².